The Morgan fingerprint density at radius 1 is 1.53 bits per heavy atom. The molecule has 19 heavy (non-hydrogen) atoms. The lowest BCUT2D eigenvalue weighted by atomic mass is 10.1. The Labute approximate surface area is 113 Å². The number of nitrogens with zero attached hydrogens (tertiary/aromatic N) is 2. The van der Waals surface area contributed by atoms with Crippen LogP contribution in [-0.2, 0) is 9.53 Å². The lowest BCUT2D eigenvalue weighted by Crippen LogP contribution is -2.42. The van der Waals surface area contributed by atoms with Gasteiger partial charge >= 0.3 is 5.97 Å². The van der Waals surface area contributed by atoms with E-state index in [1.807, 2.05) is 34.6 Å². The van der Waals surface area contributed by atoms with Gasteiger partial charge in [0.2, 0.25) is 0 Å². The smallest absolute Gasteiger partial charge is 0.325 e. The van der Waals surface area contributed by atoms with Crippen LogP contribution in [0.2, 0.25) is 0 Å². The van der Waals surface area contributed by atoms with E-state index in [0.29, 0.717) is 12.4 Å². The molecule has 0 amide bonds. The minimum absolute atomic E-state index is 0.302. The van der Waals surface area contributed by atoms with E-state index >= 15 is 0 Å². The first kappa shape index (κ1) is 15.5. The van der Waals surface area contributed by atoms with Crippen LogP contribution in [0.15, 0.2) is 12.4 Å². The van der Waals surface area contributed by atoms with Crippen LogP contribution in [-0.4, -0.2) is 34.0 Å². The predicted octanol–water partition coefficient (Wildman–Crippen LogP) is 1.51. The summed E-state index contributed by atoms with van der Waals surface area (Å²) in [5.41, 5.74) is 5.36. The fourth-order valence-electron chi connectivity index (χ4n) is 1.52. The Morgan fingerprint density at radius 2 is 2.16 bits per heavy atom. The standard InChI is InChI=1S/C13H23N3O3/c1-6-18-10-7-15-16(8-10)9(2)11(14)12(17)19-13(3,4)5/h7-9,11H,6,14H2,1-5H3. The number of rotatable bonds is 5. The van der Waals surface area contributed by atoms with E-state index in [2.05, 4.69) is 5.10 Å². The Balaban J connectivity index is 2.69. The third-order valence-electron chi connectivity index (χ3n) is 2.50. The van der Waals surface area contributed by atoms with E-state index in [9.17, 15) is 4.79 Å². The fraction of sp³-hybridized carbons (Fsp3) is 0.692. The van der Waals surface area contributed by atoms with Crippen LogP contribution >= 0.6 is 0 Å². The number of hydrogen-bond donors (Lipinski definition) is 1. The van der Waals surface area contributed by atoms with E-state index in [1.165, 1.54) is 0 Å². The Hall–Kier alpha value is -1.56. The van der Waals surface area contributed by atoms with Crippen LogP contribution < -0.4 is 10.5 Å². The maximum absolute atomic E-state index is 11.9. The number of hydrogen-bond acceptors (Lipinski definition) is 5. The molecular formula is C13H23N3O3. The number of nitrogens with two attached hydrogens (primary N) is 1. The molecule has 0 spiro atoms. The number of aromatic nitrogens is 2. The number of ether oxygens (including phenoxy) is 2. The van der Waals surface area contributed by atoms with Gasteiger partial charge in [-0.05, 0) is 34.6 Å². The zero-order valence-electron chi connectivity index (χ0n) is 12.2. The summed E-state index contributed by atoms with van der Waals surface area (Å²) in [6.45, 7) is 9.71. The van der Waals surface area contributed by atoms with Gasteiger partial charge in [0.05, 0.1) is 25.0 Å². The zero-order valence-corrected chi connectivity index (χ0v) is 12.2. The van der Waals surface area contributed by atoms with Crippen molar-refractivity contribution in [2.75, 3.05) is 6.61 Å². The van der Waals surface area contributed by atoms with Crippen molar-refractivity contribution < 1.29 is 14.3 Å². The van der Waals surface area contributed by atoms with Gasteiger partial charge in [-0.25, -0.2) is 0 Å². The summed E-state index contributed by atoms with van der Waals surface area (Å²) < 4.78 is 12.2. The average molecular weight is 269 g/mol. The van der Waals surface area contributed by atoms with Crippen LogP contribution in [0.1, 0.15) is 40.7 Å². The largest absolute Gasteiger partial charge is 0.491 e. The van der Waals surface area contributed by atoms with Gasteiger partial charge in [-0.3, -0.25) is 9.48 Å². The van der Waals surface area contributed by atoms with Crippen molar-refractivity contribution >= 4 is 5.97 Å². The van der Waals surface area contributed by atoms with Gasteiger partial charge < -0.3 is 15.2 Å². The van der Waals surface area contributed by atoms with Gasteiger partial charge in [-0.1, -0.05) is 0 Å². The van der Waals surface area contributed by atoms with E-state index in [0.717, 1.165) is 0 Å². The molecule has 0 aliphatic heterocycles. The van der Waals surface area contributed by atoms with Crippen molar-refractivity contribution in [2.45, 2.75) is 52.3 Å². The second-order valence-electron chi connectivity index (χ2n) is 5.39. The highest BCUT2D eigenvalue weighted by Crippen LogP contribution is 2.17. The van der Waals surface area contributed by atoms with E-state index in [-0.39, 0.29) is 6.04 Å². The first-order valence-electron chi connectivity index (χ1n) is 6.40. The quantitative estimate of drug-likeness (QED) is 0.820. The van der Waals surface area contributed by atoms with Gasteiger partial charge in [0.25, 0.3) is 0 Å². The van der Waals surface area contributed by atoms with E-state index in [1.54, 1.807) is 17.1 Å². The SMILES string of the molecule is CCOc1cnn(C(C)C(N)C(=O)OC(C)(C)C)c1. The van der Waals surface area contributed by atoms with Gasteiger partial charge in [-0.2, -0.15) is 5.10 Å². The molecule has 0 aliphatic carbocycles. The molecule has 1 rings (SSSR count). The van der Waals surface area contributed by atoms with E-state index in [4.69, 9.17) is 15.2 Å². The van der Waals surface area contributed by atoms with Crippen molar-refractivity contribution in [1.82, 2.24) is 9.78 Å². The molecule has 6 heteroatoms. The zero-order chi connectivity index (χ0) is 14.6. The summed E-state index contributed by atoms with van der Waals surface area (Å²) in [6, 6.07) is -1.07. The molecular weight excluding hydrogens is 246 g/mol. The minimum atomic E-state index is -0.770. The number of carbonyl (C=O) groups is 1. The average Bonchev–Trinajstić information content (AvgIpc) is 2.74. The first-order valence-corrected chi connectivity index (χ1v) is 6.40. The topological polar surface area (TPSA) is 79.4 Å². The first-order chi connectivity index (χ1) is 8.74. The highest BCUT2D eigenvalue weighted by molar-refractivity contribution is 5.76. The second-order valence-corrected chi connectivity index (χ2v) is 5.39. The van der Waals surface area contributed by atoms with Crippen LogP contribution in [0, 0.1) is 0 Å². The molecule has 0 aromatic carbocycles. The summed E-state index contributed by atoms with van der Waals surface area (Å²) >= 11 is 0. The van der Waals surface area contributed by atoms with Gasteiger partial charge in [0, 0.05) is 0 Å². The molecule has 0 aliphatic rings. The molecule has 6 nitrogen and oxygen atoms in total. The lowest BCUT2D eigenvalue weighted by Gasteiger charge is -2.25. The molecule has 0 saturated carbocycles. The molecule has 2 unspecified atom stereocenters. The minimum Gasteiger partial charge on any atom is -0.491 e. The Morgan fingerprint density at radius 3 is 2.68 bits per heavy atom. The molecule has 0 bridgehead atoms. The maximum Gasteiger partial charge on any atom is 0.325 e. The maximum atomic E-state index is 11.9. The highest BCUT2D eigenvalue weighted by atomic mass is 16.6. The van der Waals surface area contributed by atoms with Crippen LogP contribution in [0.5, 0.6) is 5.75 Å². The van der Waals surface area contributed by atoms with Gasteiger partial charge in [-0.15, -0.1) is 0 Å². The van der Waals surface area contributed by atoms with Crippen molar-refractivity contribution in [2.24, 2.45) is 5.73 Å². The van der Waals surface area contributed by atoms with Crippen molar-refractivity contribution in [1.29, 1.82) is 0 Å². The lowest BCUT2D eigenvalue weighted by molar-refractivity contribution is -0.157. The Bertz CT molecular complexity index is 423. The third kappa shape index (κ3) is 4.55. The summed E-state index contributed by atoms with van der Waals surface area (Å²) in [5.74, 6) is 0.221. The van der Waals surface area contributed by atoms with Crippen molar-refractivity contribution in [3.63, 3.8) is 0 Å². The molecule has 1 heterocycles. The highest BCUT2D eigenvalue weighted by Gasteiger charge is 2.28. The number of carbonyl (C=O) groups excluding carboxylic acids is 1. The van der Waals surface area contributed by atoms with Crippen LogP contribution in [0.25, 0.3) is 0 Å². The molecule has 0 saturated heterocycles. The second kappa shape index (κ2) is 6.06. The van der Waals surface area contributed by atoms with Gasteiger partial charge in [0.1, 0.15) is 11.6 Å². The van der Waals surface area contributed by atoms with Crippen LogP contribution in [0.4, 0.5) is 0 Å². The van der Waals surface area contributed by atoms with Crippen molar-refractivity contribution in [3.8, 4) is 5.75 Å². The summed E-state index contributed by atoms with van der Waals surface area (Å²) in [5, 5.41) is 4.14. The molecule has 0 fully saturated rings. The van der Waals surface area contributed by atoms with E-state index < -0.39 is 17.6 Å². The van der Waals surface area contributed by atoms with Gasteiger partial charge in [0.15, 0.2) is 5.75 Å². The fourth-order valence-corrected chi connectivity index (χ4v) is 1.52. The monoisotopic (exact) mass is 269 g/mol. The Kier molecular flexibility index (Phi) is 4.94. The van der Waals surface area contributed by atoms with Crippen molar-refractivity contribution in [3.05, 3.63) is 12.4 Å². The summed E-state index contributed by atoms with van der Waals surface area (Å²) in [4.78, 5) is 11.9. The van der Waals surface area contributed by atoms with Crippen LogP contribution in [0.3, 0.4) is 0 Å². The molecule has 2 atom stereocenters. The summed E-state index contributed by atoms with van der Waals surface area (Å²) in [7, 11) is 0. The summed E-state index contributed by atoms with van der Waals surface area (Å²) in [6.07, 6.45) is 3.32. The predicted molar refractivity (Wildman–Crippen MR) is 71.9 cm³/mol. The molecule has 1 aromatic heterocycles. The molecule has 0 radical (unpaired) electrons. The normalized spacial score (nSPS) is 14.8. The number of esters is 1. The molecule has 1 aromatic rings. The molecule has 2 N–H and O–H groups in total. The molecule has 108 valence electrons. The third-order valence-corrected chi connectivity index (χ3v) is 2.50.